The number of aryl methyl sites for hydroxylation is 1. The Bertz CT molecular complexity index is 543. The summed E-state index contributed by atoms with van der Waals surface area (Å²) < 4.78 is 6.28. The molecule has 22 heavy (non-hydrogen) atoms. The van der Waals surface area contributed by atoms with Crippen LogP contribution in [0, 0.1) is 6.92 Å². The average molecular weight is 370 g/mol. The van der Waals surface area contributed by atoms with E-state index < -0.39 is 5.60 Å². The molecule has 0 saturated carbocycles. The molecule has 1 N–H and O–H groups in total. The van der Waals surface area contributed by atoms with Gasteiger partial charge in [0.1, 0.15) is 10.2 Å². The number of carbonyl (C=O) groups excluding carboxylic acids is 1. The maximum atomic E-state index is 12.2. The number of halogens is 1. The zero-order valence-electron chi connectivity index (χ0n) is 13.6. The molecule has 1 aromatic heterocycles. The molecular weight excluding hydrogens is 346 g/mol. The predicted octanol–water partition coefficient (Wildman–Crippen LogP) is 3.96. The van der Waals surface area contributed by atoms with E-state index in [4.69, 9.17) is 4.74 Å². The van der Waals surface area contributed by atoms with Crippen LogP contribution < -0.4 is 5.32 Å². The van der Waals surface area contributed by atoms with E-state index in [1.807, 2.05) is 39.8 Å². The fourth-order valence-corrected chi connectivity index (χ4v) is 2.89. The monoisotopic (exact) mass is 369 g/mol. The minimum absolute atomic E-state index is 0.225. The van der Waals surface area contributed by atoms with E-state index in [1.165, 1.54) is 0 Å². The normalized spacial score (nSPS) is 19.0. The molecule has 2 heterocycles. The molecule has 0 radical (unpaired) electrons. The summed E-state index contributed by atoms with van der Waals surface area (Å²) in [6.45, 7) is 9.06. The predicted molar refractivity (Wildman–Crippen MR) is 91.1 cm³/mol. The lowest BCUT2D eigenvalue weighted by molar-refractivity contribution is 0.0206. The van der Waals surface area contributed by atoms with Gasteiger partial charge >= 0.3 is 6.09 Å². The van der Waals surface area contributed by atoms with Crippen molar-refractivity contribution in [3.8, 4) is 0 Å². The van der Waals surface area contributed by atoms with E-state index in [9.17, 15) is 4.79 Å². The smallest absolute Gasteiger partial charge is 0.410 e. The summed E-state index contributed by atoms with van der Waals surface area (Å²) in [6, 6.07) is 4.16. The van der Waals surface area contributed by atoms with Crippen LogP contribution in [0.15, 0.2) is 16.7 Å². The van der Waals surface area contributed by atoms with Crippen LogP contribution in [-0.2, 0) is 4.74 Å². The van der Waals surface area contributed by atoms with Crippen molar-refractivity contribution in [2.45, 2.75) is 52.2 Å². The first-order chi connectivity index (χ1) is 10.2. The number of piperidine rings is 1. The lowest BCUT2D eigenvalue weighted by atomic mass is 10.1. The molecule has 0 spiro atoms. The summed E-state index contributed by atoms with van der Waals surface area (Å²) in [5.41, 5.74) is 1.51. The Hall–Kier alpha value is -1.30. The van der Waals surface area contributed by atoms with Gasteiger partial charge in [0.15, 0.2) is 0 Å². The highest BCUT2D eigenvalue weighted by Gasteiger charge is 2.27. The number of hydrogen-bond donors (Lipinski definition) is 1. The van der Waals surface area contributed by atoms with Crippen LogP contribution in [0.3, 0.4) is 0 Å². The second-order valence-corrected chi connectivity index (χ2v) is 7.49. The molecule has 0 aliphatic carbocycles. The molecule has 1 aliphatic rings. The minimum atomic E-state index is -0.455. The van der Waals surface area contributed by atoms with Gasteiger partial charge in [-0.3, -0.25) is 0 Å². The van der Waals surface area contributed by atoms with Crippen molar-refractivity contribution >= 4 is 27.7 Å². The van der Waals surface area contributed by atoms with Crippen molar-refractivity contribution in [1.82, 2.24) is 9.88 Å². The quantitative estimate of drug-likeness (QED) is 0.801. The van der Waals surface area contributed by atoms with E-state index in [0.29, 0.717) is 6.54 Å². The fourth-order valence-electron chi connectivity index (χ4n) is 2.49. The number of ether oxygens (including phenoxy) is 1. The molecule has 1 aliphatic heterocycles. The molecule has 0 bridgehead atoms. The maximum absolute atomic E-state index is 12.2. The average Bonchev–Trinajstić information content (AvgIpc) is 2.40. The number of rotatable bonds is 2. The van der Waals surface area contributed by atoms with E-state index in [-0.39, 0.29) is 12.1 Å². The van der Waals surface area contributed by atoms with Gasteiger partial charge in [-0.25, -0.2) is 9.78 Å². The number of pyridine rings is 1. The molecule has 1 unspecified atom stereocenters. The van der Waals surface area contributed by atoms with Crippen LogP contribution in [0.1, 0.15) is 39.3 Å². The highest BCUT2D eigenvalue weighted by atomic mass is 79.9. The Morgan fingerprint density at radius 1 is 1.45 bits per heavy atom. The molecule has 1 amide bonds. The Morgan fingerprint density at radius 2 is 2.18 bits per heavy atom. The largest absolute Gasteiger partial charge is 0.444 e. The lowest BCUT2D eigenvalue weighted by Crippen LogP contribution is -2.47. The van der Waals surface area contributed by atoms with Gasteiger partial charge in [0.05, 0.1) is 11.4 Å². The molecule has 2 rings (SSSR count). The summed E-state index contributed by atoms with van der Waals surface area (Å²) in [6.07, 6.45) is 1.78. The summed E-state index contributed by atoms with van der Waals surface area (Å²) >= 11 is 3.37. The molecule has 1 saturated heterocycles. The highest BCUT2D eigenvalue weighted by Crippen LogP contribution is 2.21. The first-order valence-corrected chi connectivity index (χ1v) is 8.41. The number of nitrogens with one attached hydrogen (secondary N) is 1. The van der Waals surface area contributed by atoms with Crippen LogP contribution in [0.4, 0.5) is 10.5 Å². The molecule has 1 fully saturated rings. The van der Waals surface area contributed by atoms with Gasteiger partial charge in [-0.05, 0) is 68.6 Å². The summed E-state index contributed by atoms with van der Waals surface area (Å²) in [4.78, 5) is 18.4. The first-order valence-electron chi connectivity index (χ1n) is 7.62. The third-order valence-corrected chi connectivity index (χ3v) is 3.93. The number of hydrogen-bond acceptors (Lipinski definition) is 4. The van der Waals surface area contributed by atoms with Gasteiger partial charge in [-0.15, -0.1) is 0 Å². The van der Waals surface area contributed by atoms with Crippen molar-refractivity contribution in [1.29, 1.82) is 0 Å². The molecule has 122 valence electrons. The Morgan fingerprint density at radius 3 is 2.82 bits per heavy atom. The summed E-state index contributed by atoms with van der Waals surface area (Å²) in [5.74, 6) is 0. The maximum Gasteiger partial charge on any atom is 0.410 e. The minimum Gasteiger partial charge on any atom is -0.444 e. The van der Waals surface area contributed by atoms with Crippen molar-refractivity contribution in [2.75, 3.05) is 18.4 Å². The zero-order chi connectivity index (χ0) is 16.3. The molecule has 0 aromatic carbocycles. The van der Waals surface area contributed by atoms with Crippen LogP contribution in [0.25, 0.3) is 0 Å². The molecule has 6 heteroatoms. The number of aromatic nitrogens is 1. The Balaban J connectivity index is 1.97. The number of carbonyl (C=O) groups is 1. The van der Waals surface area contributed by atoms with Gasteiger partial charge in [0, 0.05) is 19.1 Å². The number of amides is 1. The summed E-state index contributed by atoms with van der Waals surface area (Å²) in [5, 5.41) is 3.49. The number of likely N-dealkylation sites (tertiary alicyclic amines) is 1. The topological polar surface area (TPSA) is 54.5 Å². The van der Waals surface area contributed by atoms with E-state index in [2.05, 4.69) is 26.2 Å². The zero-order valence-corrected chi connectivity index (χ0v) is 15.2. The summed E-state index contributed by atoms with van der Waals surface area (Å²) in [7, 11) is 0. The lowest BCUT2D eigenvalue weighted by Gasteiger charge is -2.35. The van der Waals surface area contributed by atoms with Gasteiger partial charge in [0.2, 0.25) is 0 Å². The van der Waals surface area contributed by atoms with Gasteiger partial charge in [-0.2, -0.15) is 0 Å². The van der Waals surface area contributed by atoms with Crippen molar-refractivity contribution in [3.63, 3.8) is 0 Å². The third-order valence-electron chi connectivity index (χ3n) is 3.48. The Labute approximate surface area is 140 Å². The first kappa shape index (κ1) is 17.1. The third kappa shape index (κ3) is 4.87. The van der Waals surface area contributed by atoms with Crippen LogP contribution in [0.5, 0.6) is 0 Å². The molecule has 1 aromatic rings. The van der Waals surface area contributed by atoms with Gasteiger partial charge < -0.3 is 15.0 Å². The van der Waals surface area contributed by atoms with Crippen molar-refractivity contribution < 1.29 is 9.53 Å². The fraction of sp³-hybridized carbons (Fsp3) is 0.625. The highest BCUT2D eigenvalue weighted by molar-refractivity contribution is 9.10. The van der Waals surface area contributed by atoms with Crippen molar-refractivity contribution in [2.24, 2.45) is 0 Å². The van der Waals surface area contributed by atoms with E-state index in [0.717, 1.165) is 35.4 Å². The van der Waals surface area contributed by atoms with Crippen molar-refractivity contribution in [3.05, 3.63) is 22.4 Å². The second kappa shape index (κ2) is 6.86. The van der Waals surface area contributed by atoms with Gasteiger partial charge in [-0.1, -0.05) is 0 Å². The SMILES string of the molecule is Cc1nc(Br)ccc1NC1CCCN(C(=O)OC(C)(C)C)C1. The standard InChI is InChI=1S/C16H24BrN3O2/c1-11-13(7-8-14(17)18-11)19-12-6-5-9-20(10-12)15(21)22-16(2,3)4/h7-8,12,19H,5-6,9-10H2,1-4H3. The second-order valence-electron chi connectivity index (χ2n) is 6.68. The van der Waals surface area contributed by atoms with E-state index >= 15 is 0 Å². The number of anilines is 1. The number of nitrogens with zero attached hydrogens (tertiary/aromatic N) is 2. The van der Waals surface area contributed by atoms with Crippen LogP contribution in [0.2, 0.25) is 0 Å². The van der Waals surface area contributed by atoms with E-state index in [1.54, 1.807) is 4.90 Å². The molecule has 1 atom stereocenters. The van der Waals surface area contributed by atoms with Crippen LogP contribution >= 0.6 is 15.9 Å². The van der Waals surface area contributed by atoms with Gasteiger partial charge in [0.25, 0.3) is 0 Å². The van der Waals surface area contributed by atoms with Crippen LogP contribution in [-0.4, -0.2) is 40.7 Å². The molecular formula is C16H24BrN3O2. The Kier molecular flexibility index (Phi) is 5.32. The molecule has 5 nitrogen and oxygen atoms in total.